The van der Waals surface area contributed by atoms with Gasteiger partial charge in [0.2, 0.25) is 0 Å². The van der Waals surface area contributed by atoms with E-state index >= 15 is 0 Å². The summed E-state index contributed by atoms with van der Waals surface area (Å²) in [5.41, 5.74) is 4.92. The van der Waals surface area contributed by atoms with Gasteiger partial charge < -0.3 is 10.1 Å². The molecular weight excluding hydrogens is 351 g/mol. The van der Waals surface area contributed by atoms with Gasteiger partial charge in [-0.25, -0.2) is 4.39 Å². The number of rotatable bonds is 6. The summed E-state index contributed by atoms with van der Waals surface area (Å²) in [7, 11) is 0. The lowest BCUT2D eigenvalue weighted by Crippen LogP contribution is -2.32. The first-order valence-corrected chi connectivity index (χ1v) is 7.72. The van der Waals surface area contributed by atoms with Crippen molar-refractivity contribution in [1.29, 1.82) is 0 Å². The summed E-state index contributed by atoms with van der Waals surface area (Å²) in [6, 6.07) is 12.2. The van der Waals surface area contributed by atoms with Gasteiger partial charge in [-0.15, -0.1) is 0 Å². The molecule has 25 heavy (non-hydrogen) atoms. The van der Waals surface area contributed by atoms with Crippen LogP contribution < -0.4 is 15.5 Å². The number of hydrogen-bond donors (Lipinski definition) is 2. The fourth-order valence-corrected chi connectivity index (χ4v) is 2.02. The van der Waals surface area contributed by atoms with E-state index in [-0.39, 0.29) is 11.6 Å². The molecule has 0 fully saturated rings. The quantitative estimate of drug-likeness (QED) is 0.463. The third-order valence-electron chi connectivity index (χ3n) is 3.19. The van der Waals surface area contributed by atoms with Crippen molar-refractivity contribution in [2.24, 2.45) is 5.10 Å². The molecule has 2 aromatic rings. The molecule has 0 heterocycles. The molecule has 0 atom stereocenters. The van der Waals surface area contributed by atoms with Crippen molar-refractivity contribution in [3.63, 3.8) is 0 Å². The Kier molecular flexibility index (Phi) is 6.76. The van der Waals surface area contributed by atoms with Crippen molar-refractivity contribution >= 4 is 23.0 Å². The van der Waals surface area contributed by atoms with Gasteiger partial charge in [-0.1, -0.05) is 12.1 Å². The first kappa shape index (κ1) is 18.7. The van der Waals surface area contributed by atoms with Crippen LogP contribution in [0.5, 0.6) is 5.75 Å². The summed E-state index contributed by atoms with van der Waals surface area (Å²) in [4.78, 5) is 0. The number of alkyl halides is 2. The Morgan fingerprint density at radius 2 is 1.76 bits per heavy atom. The topological polar surface area (TPSA) is 45.7 Å². The molecule has 132 valence electrons. The zero-order valence-electron chi connectivity index (χ0n) is 13.3. The predicted octanol–water partition coefficient (Wildman–Crippen LogP) is 3.82. The lowest BCUT2D eigenvalue weighted by molar-refractivity contribution is -0.0498. The van der Waals surface area contributed by atoms with Gasteiger partial charge in [0.25, 0.3) is 0 Å². The molecule has 0 spiro atoms. The molecule has 2 aromatic carbocycles. The van der Waals surface area contributed by atoms with Gasteiger partial charge in [-0.3, -0.25) is 5.43 Å². The molecular formula is C17H16F3N3OS. The summed E-state index contributed by atoms with van der Waals surface area (Å²) >= 11 is 5.11. The molecule has 4 nitrogen and oxygen atoms in total. The molecule has 8 heteroatoms. The molecule has 0 radical (unpaired) electrons. The average molecular weight is 367 g/mol. The SMILES string of the molecule is C/C(=N/NC(=S)NCc1ccc(F)cc1)c1ccc(OC(F)F)cc1. The molecule has 0 unspecified atom stereocenters. The minimum atomic E-state index is -2.85. The van der Waals surface area contributed by atoms with Crippen LogP contribution in [0.25, 0.3) is 0 Å². The lowest BCUT2D eigenvalue weighted by atomic mass is 10.1. The average Bonchev–Trinajstić information content (AvgIpc) is 2.59. The minimum absolute atomic E-state index is 0.0796. The van der Waals surface area contributed by atoms with Crippen molar-refractivity contribution in [3.05, 3.63) is 65.5 Å². The van der Waals surface area contributed by atoms with Crippen molar-refractivity contribution in [3.8, 4) is 5.75 Å². The molecule has 0 saturated carbocycles. The molecule has 2 rings (SSSR count). The molecule has 0 aromatic heterocycles. The van der Waals surface area contributed by atoms with Crippen LogP contribution in [0, 0.1) is 5.82 Å². The highest BCUT2D eigenvalue weighted by Gasteiger charge is 2.05. The largest absolute Gasteiger partial charge is 0.435 e. The van der Waals surface area contributed by atoms with E-state index in [2.05, 4.69) is 20.6 Å². The van der Waals surface area contributed by atoms with E-state index in [0.29, 0.717) is 17.4 Å². The zero-order valence-corrected chi connectivity index (χ0v) is 14.1. The highest BCUT2D eigenvalue weighted by molar-refractivity contribution is 7.80. The Morgan fingerprint density at radius 3 is 2.36 bits per heavy atom. The number of ether oxygens (including phenoxy) is 1. The summed E-state index contributed by atoms with van der Waals surface area (Å²) in [5, 5.41) is 7.38. The Bertz CT molecular complexity index is 734. The van der Waals surface area contributed by atoms with E-state index in [4.69, 9.17) is 12.2 Å². The van der Waals surface area contributed by atoms with Gasteiger partial charge in [0.05, 0.1) is 5.71 Å². The fourth-order valence-electron chi connectivity index (χ4n) is 1.90. The van der Waals surface area contributed by atoms with Crippen LogP contribution in [0.3, 0.4) is 0 Å². The third-order valence-corrected chi connectivity index (χ3v) is 3.42. The maximum atomic E-state index is 12.8. The summed E-state index contributed by atoms with van der Waals surface area (Å²) in [6.45, 7) is -0.675. The molecule has 0 aliphatic heterocycles. The second-order valence-corrected chi connectivity index (χ2v) is 5.43. The van der Waals surface area contributed by atoms with Crippen molar-refractivity contribution in [2.75, 3.05) is 0 Å². The van der Waals surface area contributed by atoms with Crippen LogP contribution >= 0.6 is 12.2 Å². The molecule has 0 bridgehead atoms. The summed E-state index contributed by atoms with van der Waals surface area (Å²) in [5.74, 6) is -0.217. The van der Waals surface area contributed by atoms with Crippen LogP contribution in [0.2, 0.25) is 0 Å². The maximum Gasteiger partial charge on any atom is 0.387 e. The Hall–Kier alpha value is -2.61. The van der Waals surface area contributed by atoms with E-state index in [1.807, 2.05) is 0 Å². The van der Waals surface area contributed by atoms with Gasteiger partial charge >= 0.3 is 6.61 Å². The monoisotopic (exact) mass is 367 g/mol. The van der Waals surface area contributed by atoms with Crippen LogP contribution in [0.1, 0.15) is 18.1 Å². The van der Waals surface area contributed by atoms with Gasteiger partial charge in [-0.2, -0.15) is 13.9 Å². The number of nitrogens with zero attached hydrogens (tertiary/aromatic N) is 1. The Morgan fingerprint density at radius 1 is 1.12 bits per heavy atom. The normalized spacial score (nSPS) is 11.3. The smallest absolute Gasteiger partial charge is 0.387 e. The summed E-state index contributed by atoms with van der Waals surface area (Å²) < 4.78 is 41.3. The molecule has 0 aliphatic carbocycles. The van der Waals surface area contributed by atoms with Crippen LogP contribution in [-0.4, -0.2) is 17.4 Å². The highest BCUT2D eigenvalue weighted by atomic mass is 32.1. The molecule has 0 saturated heterocycles. The van der Waals surface area contributed by atoms with Crippen molar-refractivity contribution in [2.45, 2.75) is 20.1 Å². The van der Waals surface area contributed by atoms with Gasteiger partial charge in [0.15, 0.2) is 5.11 Å². The highest BCUT2D eigenvalue weighted by Crippen LogP contribution is 2.15. The lowest BCUT2D eigenvalue weighted by Gasteiger charge is -2.09. The number of nitrogens with one attached hydrogen (secondary N) is 2. The van der Waals surface area contributed by atoms with E-state index in [0.717, 1.165) is 11.1 Å². The first-order valence-electron chi connectivity index (χ1n) is 7.32. The van der Waals surface area contributed by atoms with E-state index in [1.165, 1.54) is 24.3 Å². The number of halogens is 3. The number of hydrazone groups is 1. The minimum Gasteiger partial charge on any atom is -0.435 e. The second kappa shape index (κ2) is 9.03. The van der Waals surface area contributed by atoms with Crippen LogP contribution in [0.4, 0.5) is 13.2 Å². The first-order chi connectivity index (χ1) is 11.9. The van der Waals surface area contributed by atoms with Gasteiger partial charge in [0, 0.05) is 6.54 Å². The van der Waals surface area contributed by atoms with Gasteiger partial charge in [-0.05, 0) is 66.7 Å². The van der Waals surface area contributed by atoms with Crippen LogP contribution in [-0.2, 0) is 6.54 Å². The van der Waals surface area contributed by atoms with Crippen molar-refractivity contribution < 1.29 is 17.9 Å². The number of thiocarbonyl (C=S) groups is 1. The van der Waals surface area contributed by atoms with E-state index < -0.39 is 6.61 Å². The molecule has 2 N–H and O–H groups in total. The zero-order chi connectivity index (χ0) is 18.2. The molecule has 0 amide bonds. The Balaban J connectivity index is 1.85. The Labute approximate surface area is 148 Å². The van der Waals surface area contributed by atoms with Crippen molar-refractivity contribution in [1.82, 2.24) is 10.7 Å². The summed E-state index contributed by atoms with van der Waals surface area (Å²) in [6.07, 6.45) is 0. The molecule has 0 aliphatic rings. The number of hydrogen-bond acceptors (Lipinski definition) is 3. The van der Waals surface area contributed by atoms with E-state index in [9.17, 15) is 13.2 Å². The predicted molar refractivity (Wildman–Crippen MR) is 94.3 cm³/mol. The maximum absolute atomic E-state index is 12.8. The van der Waals surface area contributed by atoms with Crippen LogP contribution in [0.15, 0.2) is 53.6 Å². The fraction of sp³-hybridized carbons (Fsp3) is 0.176. The standard InChI is InChI=1S/C17H16F3N3OS/c1-11(13-4-8-15(9-5-13)24-16(19)20)22-23-17(25)21-10-12-2-6-14(18)7-3-12/h2-9,16H,10H2,1H3,(H2,21,23,25)/b22-11-. The van der Waals surface area contributed by atoms with E-state index in [1.54, 1.807) is 31.2 Å². The second-order valence-electron chi connectivity index (χ2n) is 5.02. The number of benzene rings is 2. The van der Waals surface area contributed by atoms with Gasteiger partial charge in [0.1, 0.15) is 11.6 Å². The third kappa shape index (κ3) is 6.42.